The Bertz CT molecular complexity index is 1420. The van der Waals surface area contributed by atoms with E-state index < -0.39 is 29.5 Å². The summed E-state index contributed by atoms with van der Waals surface area (Å²) in [6.45, 7) is 3.99. The van der Waals surface area contributed by atoms with E-state index in [1.165, 1.54) is 48.5 Å². The summed E-state index contributed by atoms with van der Waals surface area (Å²) in [7, 11) is 0. The van der Waals surface area contributed by atoms with E-state index in [-0.39, 0.29) is 34.8 Å². The van der Waals surface area contributed by atoms with Gasteiger partial charge in [-0.3, -0.25) is 0 Å². The van der Waals surface area contributed by atoms with Crippen LogP contribution < -0.4 is 9.47 Å². The monoisotopic (exact) mass is 520 g/mol. The van der Waals surface area contributed by atoms with E-state index in [4.69, 9.17) is 9.47 Å². The van der Waals surface area contributed by atoms with E-state index in [0.717, 1.165) is 18.1 Å². The zero-order valence-corrected chi connectivity index (χ0v) is 21.0. The molecule has 0 aliphatic rings. The molecule has 4 aromatic carbocycles. The van der Waals surface area contributed by atoms with Crippen molar-refractivity contribution in [1.82, 2.24) is 0 Å². The first-order chi connectivity index (χ1) is 18.3. The van der Waals surface area contributed by atoms with E-state index in [9.17, 15) is 14.3 Å². The molecule has 0 bridgehead atoms. The highest BCUT2D eigenvalue weighted by atomic mass is 19.2. The highest BCUT2D eigenvalue weighted by Gasteiger charge is 2.17. The van der Waals surface area contributed by atoms with E-state index in [2.05, 4.69) is 0 Å². The van der Waals surface area contributed by atoms with Crippen LogP contribution in [0.2, 0.25) is 0 Å². The number of rotatable bonds is 9. The van der Waals surface area contributed by atoms with Crippen molar-refractivity contribution in [3.05, 3.63) is 107 Å². The highest BCUT2D eigenvalue weighted by Crippen LogP contribution is 2.33. The van der Waals surface area contributed by atoms with Gasteiger partial charge in [0.1, 0.15) is 5.75 Å². The quantitative estimate of drug-likeness (QED) is 0.180. The maximum atomic E-state index is 15.1. The van der Waals surface area contributed by atoms with Gasteiger partial charge in [0.2, 0.25) is 0 Å². The summed E-state index contributed by atoms with van der Waals surface area (Å²) in [6, 6.07) is 19.4. The van der Waals surface area contributed by atoms with Crippen LogP contribution in [0.25, 0.3) is 22.3 Å². The predicted molar refractivity (Wildman–Crippen MR) is 140 cm³/mol. The van der Waals surface area contributed by atoms with Gasteiger partial charge in [0.05, 0.1) is 18.3 Å². The molecule has 0 aliphatic heterocycles. The minimum atomic E-state index is -1.01. The largest absolute Gasteiger partial charge is 0.491 e. The predicted octanol–water partition coefficient (Wildman–Crippen LogP) is 7.89. The summed E-state index contributed by atoms with van der Waals surface area (Å²) in [5.74, 6) is -3.24. The Labute approximate surface area is 219 Å². The van der Waals surface area contributed by atoms with Gasteiger partial charge in [-0.15, -0.1) is 0 Å². The first kappa shape index (κ1) is 26.9. The minimum absolute atomic E-state index is 0.00615. The van der Waals surface area contributed by atoms with Crippen LogP contribution in [0, 0.1) is 17.5 Å². The number of hydrogen-bond donors (Lipinski definition) is 1. The highest BCUT2D eigenvalue weighted by molar-refractivity contribution is 5.91. The fraction of sp³-hybridized carbons (Fsp3) is 0.194. The van der Waals surface area contributed by atoms with Gasteiger partial charge in [-0.1, -0.05) is 61.9 Å². The molecule has 0 radical (unpaired) electrons. The van der Waals surface area contributed by atoms with Gasteiger partial charge in [0.25, 0.3) is 0 Å². The molecule has 1 unspecified atom stereocenters. The van der Waals surface area contributed by atoms with E-state index in [1.54, 1.807) is 31.2 Å². The molecule has 0 aromatic heterocycles. The van der Waals surface area contributed by atoms with Crippen molar-refractivity contribution in [2.75, 3.05) is 6.61 Å². The van der Waals surface area contributed by atoms with Gasteiger partial charge >= 0.3 is 5.97 Å². The molecule has 0 amide bonds. The van der Waals surface area contributed by atoms with Gasteiger partial charge in [-0.25, -0.2) is 18.0 Å². The lowest BCUT2D eigenvalue weighted by Gasteiger charge is -2.12. The average Bonchev–Trinajstić information content (AvgIpc) is 2.92. The van der Waals surface area contributed by atoms with Crippen LogP contribution in [0.5, 0.6) is 11.5 Å². The Hall–Kier alpha value is -4.10. The van der Waals surface area contributed by atoms with Crippen molar-refractivity contribution >= 4 is 5.97 Å². The maximum absolute atomic E-state index is 15.1. The first-order valence-corrected chi connectivity index (χ1v) is 12.3. The van der Waals surface area contributed by atoms with Crippen molar-refractivity contribution in [2.45, 2.75) is 32.8 Å². The van der Waals surface area contributed by atoms with Crippen molar-refractivity contribution < 1.29 is 32.5 Å². The molecule has 0 saturated heterocycles. The first-order valence-electron chi connectivity index (χ1n) is 12.3. The number of esters is 1. The van der Waals surface area contributed by atoms with Crippen molar-refractivity contribution in [2.24, 2.45) is 0 Å². The SMILES string of the molecule is CCCC(O)c1ccc(-c2ccc(-c3ccc(OC(=O)c4ccc(OCC)c(F)c4)cc3)c(F)c2F)cc1. The standard InChI is InChI=1S/C31H27F3O4/c1-3-5-27(35)21-8-6-19(7-9-21)24-15-16-25(30(34)29(24)33)20-10-13-23(14-11-20)38-31(36)22-12-17-28(37-4-2)26(32)18-22/h6-18,27,35H,3-5H2,1-2H3. The Balaban J connectivity index is 1.50. The zero-order chi connectivity index (χ0) is 27.2. The molecule has 4 nitrogen and oxygen atoms in total. The third kappa shape index (κ3) is 5.89. The van der Waals surface area contributed by atoms with Gasteiger partial charge in [0.15, 0.2) is 23.2 Å². The number of aliphatic hydroxyl groups is 1. The lowest BCUT2D eigenvalue weighted by Crippen LogP contribution is -2.09. The average molecular weight is 521 g/mol. The molecule has 196 valence electrons. The third-order valence-corrected chi connectivity index (χ3v) is 6.09. The normalized spacial score (nSPS) is 11.7. The van der Waals surface area contributed by atoms with E-state index in [0.29, 0.717) is 17.5 Å². The van der Waals surface area contributed by atoms with Crippen LogP contribution in [-0.2, 0) is 0 Å². The molecule has 0 aliphatic carbocycles. The second-order valence-electron chi connectivity index (χ2n) is 8.71. The van der Waals surface area contributed by atoms with Crippen molar-refractivity contribution in [3.8, 4) is 33.8 Å². The van der Waals surface area contributed by atoms with Gasteiger partial charge in [0, 0.05) is 11.1 Å². The summed E-state index contributed by atoms with van der Waals surface area (Å²) in [6.07, 6.45) is 0.855. The molecule has 1 N–H and O–H groups in total. The molecule has 0 fully saturated rings. The second kappa shape index (κ2) is 12.0. The lowest BCUT2D eigenvalue weighted by atomic mass is 9.97. The van der Waals surface area contributed by atoms with Crippen LogP contribution in [0.1, 0.15) is 48.7 Å². The minimum Gasteiger partial charge on any atom is -0.491 e. The topological polar surface area (TPSA) is 55.8 Å². The van der Waals surface area contributed by atoms with Crippen molar-refractivity contribution in [3.63, 3.8) is 0 Å². The Morgan fingerprint density at radius 1 is 0.816 bits per heavy atom. The number of carbonyl (C=O) groups is 1. The summed E-state index contributed by atoms with van der Waals surface area (Å²) < 4.78 is 54.5. The van der Waals surface area contributed by atoms with Crippen LogP contribution in [0.3, 0.4) is 0 Å². The number of hydrogen-bond acceptors (Lipinski definition) is 4. The zero-order valence-electron chi connectivity index (χ0n) is 21.0. The molecule has 7 heteroatoms. The molecule has 4 aromatic rings. The number of aliphatic hydroxyl groups excluding tert-OH is 1. The fourth-order valence-corrected chi connectivity index (χ4v) is 4.09. The van der Waals surface area contributed by atoms with Gasteiger partial charge in [-0.2, -0.15) is 0 Å². The number of halogens is 3. The summed E-state index contributed by atoms with van der Waals surface area (Å²) in [5.41, 5.74) is 1.77. The summed E-state index contributed by atoms with van der Waals surface area (Å²) >= 11 is 0. The smallest absolute Gasteiger partial charge is 0.343 e. The Morgan fingerprint density at radius 3 is 1.92 bits per heavy atom. The molecule has 0 spiro atoms. The van der Waals surface area contributed by atoms with Crippen LogP contribution in [0.4, 0.5) is 13.2 Å². The molecule has 38 heavy (non-hydrogen) atoms. The number of carbonyl (C=O) groups excluding carboxylic acids is 1. The molecule has 0 heterocycles. The third-order valence-electron chi connectivity index (χ3n) is 6.09. The lowest BCUT2D eigenvalue weighted by molar-refractivity contribution is 0.0734. The Kier molecular flexibility index (Phi) is 8.48. The molecule has 4 rings (SSSR count). The van der Waals surface area contributed by atoms with E-state index in [1.807, 2.05) is 6.92 Å². The summed E-state index contributed by atoms with van der Waals surface area (Å²) in [5, 5.41) is 10.1. The maximum Gasteiger partial charge on any atom is 0.343 e. The van der Waals surface area contributed by atoms with Crippen LogP contribution in [0.15, 0.2) is 78.9 Å². The molecule has 1 atom stereocenters. The van der Waals surface area contributed by atoms with Crippen LogP contribution >= 0.6 is 0 Å². The summed E-state index contributed by atoms with van der Waals surface area (Å²) in [4.78, 5) is 12.4. The number of benzene rings is 4. The van der Waals surface area contributed by atoms with Crippen LogP contribution in [-0.4, -0.2) is 17.7 Å². The van der Waals surface area contributed by atoms with Crippen molar-refractivity contribution in [1.29, 1.82) is 0 Å². The molecular weight excluding hydrogens is 493 g/mol. The van der Waals surface area contributed by atoms with Gasteiger partial charge in [-0.05, 0) is 60.4 Å². The second-order valence-corrected chi connectivity index (χ2v) is 8.71. The van der Waals surface area contributed by atoms with E-state index >= 15 is 8.78 Å². The Morgan fingerprint density at radius 2 is 1.39 bits per heavy atom. The number of ether oxygens (including phenoxy) is 2. The fourth-order valence-electron chi connectivity index (χ4n) is 4.09. The van der Waals surface area contributed by atoms with Gasteiger partial charge < -0.3 is 14.6 Å². The molecular formula is C31H27F3O4. The molecule has 0 saturated carbocycles.